The van der Waals surface area contributed by atoms with Gasteiger partial charge in [0.25, 0.3) is 0 Å². The summed E-state index contributed by atoms with van der Waals surface area (Å²) in [4.78, 5) is 58.0. The van der Waals surface area contributed by atoms with Gasteiger partial charge in [0.2, 0.25) is 24.1 Å². The zero-order valence-electron chi connectivity index (χ0n) is 27.9. The van der Waals surface area contributed by atoms with E-state index in [9.17, 15) is 19.2 Å². The molecule has 2 heterocycles. The topological polar surface area (TPSA) is 115 Å². The van der Waals surface area contributed by atoms with Gasteiger partial charge >= 0.3 is 0 Å². The molecule has 1 aromatic carbocycles. The number of furan rings is 1. The van der Waals surface area contributed by atoms with Crippen LogP contribution in [0.5, 0.6) is 0 Å². The predicted octanol–water partition coefficient (Wildman–Crippen LogP) is 5.25. The van der Waals surface area contributed by atoms with E-state index in [-0.39, 0.29) is 35.8 Å². The first-order valence-electron chi connectivity index (χ1n) is 16.7. The summed E-state index contributed by atoms with van der Waals surface area (Å²) in [6.07, 6.45) is 8.02. The first kappa shape index (κ1) is 35.1. The summed E-state index contributed by atoms with van der Waals surface area (Å²) in [6.45, 7) is 10.0. The molecule has 4 rings (SSSR count). The van der Waals surface area contributed by atoms with Gasteiger partial charge in [0.1, 0.15) is 23.7 Å². The van der Waals surface area contributed by atoms with Crippen molar-refractivity contribution in [1.82, 2.24) is 15.1 Å². The van der Waals surface area contributed by atoms with Gasteiger partial charge in [0, 0.05) is 50.5 Å². The molecule has 0 bridgehead atoms. The lowest BCUT2D eigenvalue weighted by molar-refractivity contribution is -0.138. The van der Waals surface area contributed by atoms with Gasteiger partial charge in [-0.3, -0.25) is 24.1 Å². The summed E-state index contributed by atoms with van der Waals surface area (Å²) in [5, 5.41) is 5.63. The number of hydrogen-bond donors (Lipinski definition) is 2. The first-order valence-corrected chi connectivity index (χ1v) is 16.7. The van der Waals surface area contributed by atoms with Crippen LogP contribution in [-0.2, 0) is 19.2 Å². The minimum absolute atomic E-state index is 0.00802. The van der Waals surface area contributed by atoms with Crippen molar-refractivity contribution in [2.75, 3.05) is 43.4 Å². The van der Waals surface area contributed by atoms with E-state index in [1.165, 1.54) is 23.3 Å². The number of nitrogens with zero attached hydrogens (tertiary/aromatic N) is 3. The Morgan fingerprint density at radius 3 is 2.30 bits per heavy atom. The van der Waals surface area contributed by atoms with Gasteiger partial charge in [-0.25, -0.2) is 4.39 Å². The molecule has 2 N–H and O–H groups in total. The minimum atomic E-state index is -0.860. The number of likely N-dealkylation sites (N-methyl/N-ethyl adjacent to an activating group) is 1. The molecule has 10 nitrogen and oxygen atoms in total. The van der Waals surface area contributed by atoms with Gasteiger partial charge in [-0.2, -0.15) is 0 Å². The average molecular weight is 640 g/mol. The Balaban J connectivity index is 1.59. The van der Waals surface area contributed by atoms with Crippen LogP contribution in [0.15, 0.2) is 34.9 Å². The standard InChI is InChI=1S/C35H50FN5O5/c1-6-30(43)38-31(35(45)40-18-16-39(5)17-19-40)24(4)26-13-14-28(27(36)21-26)37-34(44)32(25-11-9-7-8-10-12-25)41(22-42)29-15-20-46-33(29)23(2)3/h13-15,20-25,31-32H,6-12,16-19H2,1-5H3,(H,37,44)(H,38,43)/t24-,31+,32-/m0/s1. The fourth-order valence-corrected chi connectivity index (χ4v) is 6.64. The maximum atomic E-state index is 15.8. The Morgan fingerprint density at radius 1 is 1.04 bits per heavy atom. The molecule has 1 aliphatic carbocycles. The Kier molecular flexibility index (Phi) is 12.4. The molecule has 2 aliphatic rings. The van der Waals surface area contributed by atoms with Crippen molar-refractivity contribution in [2.24, 2.45) is 5.92 Å². The second kappa shape index (κ2) is 16.2. The second-order valence-corrected chi connectivity index (χ2v) is 13.1. The number of piperazine rings is 1. The molecule has 1 saturated heterocycles. The lowest BCUT2D eigenvalue weighted by Crippen LogP contribution is -2.55. The van der Waals surface area contributed by atoms with Crippen LogP contribution in [0.4, 0.5) is 15.8 Å². The molecular weight excluding hydrogens is 589 g/mol. The maximum absolute atomic E-state index is 15.8. The van der Waals surface area contributed by atoms with Gasteiger partial charge in [0.15, 0.2) is 0 Å². The number of anilines is 2. The number of hydrogen-bond acceptors (Lipinski definition) is 6. The summed E-state index contributed by atoms with van der Waals surface area (Å²) in [7, 11) is 2.00. The van der Waals surface area contributed by atoms with Crippen LogP contribution in [0.3, 0.4) is 0 Å². The zero-order chi connectivity index (χ0) is 33.4. The van der Waals surface area contributed by atoms with E-state index in [0.717, 1.165) is 51.6 Å². The molecule has 2 aromatic rings. The number of benzene rings is 1. The van der Waals surface area contributed by atoms with Crippen LogP contribution in [0, 0.1) is 11.7 Å². The third kappa shape index (κ3) is 8.34. The molecule has 3 atom stereocenters. The molecule has 0 spiro atoms. The lowest BCUT2D eigenvalue weighted by atomic mass is 9.89. The molecule has 4 amide bonds. The monoisotopic (exact) mass is 639 g/mol. The summed E-state index contributed by atoms with van der Waals surface area (Å²) in [6, 6.07) is 4.48. The van der Waals surface area contributed by atoms with E-state index in [2.05, 4.69) is 15.5 Å². The van der Waals surface area contributed by atoms with Crippen LogP contribution in [0.2, 0.25) is 0 Å². The fraction of sp³-hybridized carbons (Fsp3) is 0.600. The number of amides is 4. The van der Waals surface area contributed by atoms with E-state index in [1.807, 2.05) is 20.9 Å². The summed E-state index contributed by atoms with van der Waals surface area (Å²) in [5.74, 6) is -1.60. The van der Waals surface area contributed by atoms with Crippen molar-refractivity contribution in [3.63, 3.8) is 0 Å². The molecule has 11 heteroatoms. The molecule has 0 radical (unpaired) electrons. The number of rotatable bonds is 12. The number of nitrogens with one attached hydrogen (secondary N) is 2. The Hall–Kier alpha value is -3.73. The van der Waals surface area contributed by atoms with E-state index in [0.29, 0.717) is 36.5 Å². The highest BCUT2D eigenvalue weighted by molar-refractivity contribution is 6.01. The first-order chi connectivity index (χ1) is 22.0. The van der Waals surface area contributed by atoms with Crippen molar-refractivity contribution in [2.45, 2.75) is 96.6 Å². The predicted molar refractivity (Wildman–Crippen MR) is 176 cm³/mol. The zero-order valence-corrected chi connectivity index (χ0v) is 27.9. The Labute approximate surface area is 272 Å². The molecule has 1 aromatic heterocycles. The molecule has 0 unspecified atom stereocenters. The van der Waals surface area contributed by atoms with Gasteiger partial charge < -0.3 is 24.9 Å². The molecule has 1 aliphatic heterocycles. The van der Waals surface area contributed by atoms with Gasteiger partial charge in [0.05, 0.1) is 17.6 Å². The second-order valence-electron chi connectivity index (χ2n) is 13.1. The smallest absolute Gasteiger partial charge is 0.247 e. The summed E-state index contributed by atoms with van der Waals surface area (Å²) >= 11 is 0. The highest BCUT2D eigenvalue weighted by Crippen LogP contribution is 2.35. The number of carbonyl (C=O) groups excluding carboxylic acids is 4. The third-order valence-corrected chi connectivity index (χ3v) is 9.50. The molecule has 1 saturated carbocycles. The normalized spacial score (nSPS) is 18.4. The fourth-order valence-electron chi connectivity index (χ4n) is 6.64. The molecule has 252 valence electrons. The highest BCUT2D eigenvalue weighted by atomic mass is 19.1. The SMILES string of the molecule is CCC(=O)N[C@@H](C(=O)N1CCN(C)CC1)[C@@H](C)c1ccc(NC(=O)[C@H](C2CCCCCC2)N(C=O)c2ccoc2C(C)C)c(F)c1. The minimum Gasteiger partial charge on any atom is -0.467 e. The van der Waals surface area contributed by atoms with E-state index < -0.39 is 29.7 Å². The van der Waals surface area contributed by atoms with Crippen molar-refractivity contribution >= 4 is 35.5 Å². The Morgan fingerprint density at radius 2 is 1.72 bits per heavy atom. The van der Waals surface area contributed by atoms with Crippen LogP contribution >= 0.6 is 0 Å². The lowest BCUT2D eigenvalue weighted by Gasteiger charge is -2.36. The molecule has 2 fully saturated rings. The third-order valence-electron chi connectivity index (χ3n) is 9.50. The van der Waals surface area contributed by atoms with Crippen LogP contribution in [-0.4, -0.2) is 79.2 Å². The highest BCUT2D eigenvalue weighted by Gasteiger charge is 2.37. The average Bonchev–Trinajstić information content (AvgIpc) is 3.38. The van der Waals surface area contributed by atoms with Crippen molar-refractivity contribution in [1.29, 1.82) is 0 Å². The van der Waals surface area contributed by atoms with E-state index in [1.54, 1.807) is 30.9 Å². The van der Waals surface area contributed by atoms with E-state index >= 15 is 4.39 Å². The number of carbonyl (C=O) groups is 4. The quantitative estimate of drug-likeness (QED) is 0.242. The van der Waals surface area contributed by atoms with Crippen molar-refractivity contribution in [3.05, 3.63) is 47.7 Å². The van der Waals surface area contributed by atoms with Crippen LogP contribution in [0.1, 0.15) is 95.8 Å². The summed E-state index contributed by atoms with van der Waals surface area (Å²) in [5.41, 5.74) is 1.06. The van der Waals surface area contributed by atoms with Gasteiger partial charge in [-0.05, 0) is 43.5 Å². The van der Waals surface area contributed by atoms with Crippen molar-refractivity contribution < 1.29 is 28.0 Å². The van der Waals surface area contributed by atoms with Crippen LogP contribution in [0.25, 0.3) is 0 Å². The van der Waals surface area contributed by atoms with Crippen LogP contribution < -0.4 is 15.5 Å². The Bertz CT molecular complexity index is 1350. The number of halogens is 1. The van der Waals surface area contributed by atoms with Crippen molar-refractivity contribution in [3.8, 4) is 0 Å². The van der Waals surface area contributed by atoms with Gasteiger partial charge in [-0.15, -0.1) is 0 Å². The maximum Gasteiger partial charge on any atom is 0.247 e. The molecular formula is C35H50FN5O5. The van der Waals surface area contributed by atoms with E-state index in [4.69, 9.17) is 4.42 Å². The largest absolute Gasteiger partial charge is 0.467 e. The molecule has 46 heavy (non-hydrogen) atoms. The van der Waals surface area contributed by atoms with Gasteiger partial charge in [-0.1, -0.05) is 59.4 Å². The summed E-state index contributed by atoms with van der Waals surface area (Å²) < 4.78 is 21.4.